The van der Waals surface area contributed by atoms with Crippen molar-refractivity contribution in [1.29, 1.82) is 0 Å². The average molecular weight is 293 g/mol. The van der Waals surface area contributed by atoms with Gasteiger partial charge in [0.1, 0.15) is 0 Å². The van der Waals surface area contributed by atoms with Crippen molar-refractivity contribution in [3.8, 4) is 0 Å². The molecule has 0 saturated heterocycles. The number of halogens is 3. The van der Waals surface area contributed by atoms with Crippen LogP contribution in [0.2, 0.25) is 0 Å². The van der Waals surface area contributed by atoms with E-state index in [4.69, 9.17) is 0 Å². The molecule has 1 N–H and O–H groups in total. The van der Waals surface area contributed by atoms with Gasteiger partial charge in [-0.1, -0.05) is 20.8 Å². The Morgan fingerprint density at radius 3 is 2.30 bits per heavy atom. The van der Waals surface area contributed by atoms with Crippen LogP contribution in [0.25, 0.3) is 0 Å². The monoisotopic (exact) mass is 293 g/mol. The molecule has 0 amide bonds. The molecule has 0 heterocycles. The third kappa shape index (κ3) is 6.96. The van der Waals surface area contributed by atoms with Crippen LogP contribution in [0.5, 0.6) is 0 Å². The summed E-state index contributed by atoms with van der Waals surface area (Å²) in [6.45, 7) is 7.60. The number of nitrogens with one attached hydrogen (secondary N) is 1. The minimum absolute atomic E-state index is 0.255. The third-order valence-corrected chi connectivity index (χ3v) is 4.58. The second-order valence-corrected chi connectivity index (χ2v) is 7.07. The number of hydrogen-bond acceptors (Lipinski definition) is 1. The van der Waals surface area contributed by atoms with E-state index in [1.165, 1.54) is 12.8 Å². The van der Waals surface area contributed by atoms with Gasteiger partial charge in [-0.05, 0) is 62.8 Å². The van der Waals surface area contributed by atoms with E-state index in [0.717, 1.165) is 25.8 Å². The molecule has 1 fully saturated rings. The second kappa shape index (κ2) is 7.67. The highest BCUT2D eigenvalue weighted by atomic mass is 19.4. The Bertz CT molecular complexity index is 263. The van der Waals surface area contributed by atoms with Gasteiger partial charge in [0.25, 0.3) is 0 Å². The number of rotatable bonds is 7. The van der Waals surface area contributed by atoms with Gasteiger partial charge in [0.2, 0.25) is 0 Å². The van der Waals surface area contributed by atoms with Crippen LogP contribution in [0.15, 0.2) is 0 Å². The molecule has 0 bridgehead atoms. The van der Waals surface area contributed by atoms with Crippen molar-refractivity contribution in [3.63, 3.8) is 0 Å². The smallest absolute Gasteiger partial charge is 0.314 e. The first-order chi connectivity index (χ1) is 9.23. The summed E-state index contributed by atoms with van der Waals surface area (Å²) in [6, 6.07) is 0.272. The Hall–Kier alpha value is -0.250. The molecular weight excluding hydrogens is 263 g/mol. The maximum atomic E-state index is 12.3. The topological polar surface area (TPSA) is 12.0 Å². The van der Waals surface area contributed by atoms with Crippen molar-refractivity contribution < 1.29 is 13.2 Å². The number of hydrogen-bond donors (Lipinski definition) is 1. The Balaban J connectivity index is 2.43. The molecule has 0 radical (unpaired) electrons. The van der Waals surface area contributed by atoms with Crippen molar-refractivity contribution in [1.82, 2.24) is 5.32 Å². The van der Waals surface area contributed by atoms with Crippen molar-refractivity contribution in [2.45, 2.75) is 84.4 Å². The molecule has 0 aromatic rings. The summed E-state index contributed by atoms with van der Waals surface area (Å²) in [5, 5.41) is 3.49. The van der Waals surface area contributed by atoms with E-state index in [1.54, 1.807) is 0 Å². The molecule has 1 aliphatic rings. The van der Waals surface area contributed by atoms with Crippen LogP contribution in [0.4, 0.5) is 13.2 Å². The first-order valence-corrected chi connectivity index (χ1v) is 8.04. The van der Waals surface area contributed by atoms with E-state index >= 15 is 0 Å². The quantitative estimate of drug-likeness (QED) is 0.671. The molecule has 0 aromatic heterocycles. The standard InChI is InChI=1S/C16H30F3N/c1-4-12-20-14(6-5-9-16(17,18)19)13-7-10-15(2,3)11-8-13/h13-14,20H,4-12H2,1-3H3. The van der Waals surface area contributed by atoms with Gasteiger partial charge in [0.05, 0.1) is 0 Å². The van der Waals surface area contributed by atoms with Gasteiger partial charge in [-0.15, -0.1) is 0 Å². The van der Waals surface area contributed by atoms with E-state index in [0.29, 0.717) is 17.8 Å². The van der Waals surface area contributed by atoms with Crippen LogP contribution < -0.4 is 5.32 Å². The predicted octanol–water partition coefficient (Wildman–Crippen LogP) is 5.30. The van der Waals surface area contributed by atoms with Gasteiger partial charge in [0.15, 0.2) is 0 Å². The zero-order valence-electron chi connectivity index (χ0n) is 13.2. The minimum atomic E-state index is -4.01. The predicted molar refractivity (Wildman–Crippen MR) is 77.7 cm³/mol. The summed E-state index contributed by atoms with van der Waals surface area (Å²) >= 11 is 0. The van der Waals surface area contributed by atoms with Gasteiger partial charge < -0.3 is 5.32 Å². The first kappa shape index (κ1) is 17.8. The number of alkyl halides is 3. The molecule has 0 spiro atoms. The summed E-state index contributed by atoms with van der Waals surface area (Å²) in [4.78, 5) is 0. The molecule has 1 aliphatic carbocycles. The summed E-state index contributed by atoms with van der Waals surface area (Å²) in [7, 11) is 0. The summed E-state index contributed by atoms with van der Waals surface area (Å²) in [6.07, 6.45) is 1.99. The van der Waals surface area contributed by atoms with E-state index in [-0.39, 0.29) is 12.5 Å². The second-order valence-electron chi connectivity index (χ2n) is 7.07. The normalized spacial score (nSPS) is 21.9. The highest BCUT2D eigenvalue weighted by Crippen LogP contribution is 2.40. The van der Waals surface area contributed by atoms with Crippen molar-refractivity contribution in [2.75, 3.05) is 6.54 Å². The maximum absolute atomic E-state index is 12.3. The Kier molecular flexibility index (Phi) is 6.83. The summed E-state index contributed by atoms with van der Waals surface area (Å²) in [5.74, 6) is 0.558. The molecule has 0 aliphatic heterocycles. The first-order valence-electron chi connectivity index (χ1n) is 8.04. The fourth-order valence-electron chi connectivity index (χ4n) is 3.18. The maximum Gasteiger partial charge on any atom is 0.389 e. The lowest BCUT2D eigenvalue weighted by atomic mass is 9.70. The van der Waals surface area contributed by atoms with E-state index in [2.05, 4.69) is 26.1 Å². The molecule has 1 atom stereocenters. The largest absolute Gasteiger partial charge is 0.389 e. The van der Waals surface area contributed by atoms with Gasteiger partial charge in [-0.2, -0.15) is 13.2 Å². The molecule has 0 aromatic carbocycles. The SMILES string of the molecule is CCCNC(CCCC(F)(F)F)C1CCC(C)(C)CC1. The van der Waals surface area contributed by atoms with Crippen LogP contribution >= 0.6 is 0 Å². The van der Waals surface area contributed by atoms with Crippen LogP contribution in [0, 0.1) is 11.3 Å². The lowest BCUT2D eigenvalue weighted by molar-refractivity contribution is -0.136. The van der Waals surface area contributed by atoms with E-state index < -0.39 is 12.6 Å². The van der Waals surface area contributed by atoms with Gasteiger partial charge >= 0.3 is 6.18 Å². The van der Waals surface area contributed by atoms with Crippen LogP contribution in [0.1, 0.15) is 72.1 Å². The van der Waals surface area contributed by atoms with E-state index in [9.17, 15) is 13.2 Å². The third-order valence-electron chi connectivity index (χ3n) is 4.58. The summed E-state index contributed by atoms with van der Waals surface area (Å²) in [5.41, 5.74) is 0.414. The van der Waals surface area contributed by atoms with Crippen molar-refractivity contribution in [3.05, 3.63) is 0 Å². The molecular formula is C16H30F3N. The molecule has 1 unspecified atom stereocenters. The van der Waals surface area contributed by atoms with Crippen molar-refractivity contribution >= 4 is 0 Å². The fraction of sp³-hybridized carbons (Fsp3) is 1.00. The van der Waals surface area contributed by atoms with Gasteiger partial charge in [-0.3, -0.25) is 0 Å². The Morgan fingerprint density at radius 2 is 1.80 bits per heavy atom. The van der Waals surface area contributed by atoms with Crippen LogP contribution in [0.3, 0.4) is 0 Å². The fourth-order valence-corrected chi connectivity index (χ4v) is 3.18. The molecule has 1 saturated carbocycles. The highest BCUT2D eigenvalue weighted by Gasteiger charge is 2.32. The lowest BCUT2D eigenvalue weighted by Crippen LogP contribution is -2.39. The lowest BCUT2D eigenvalue weighted by Gasteiger charge is -2.38. The zero-order valence-corrected chi connectivity index (χ0v) is 13.2. The molecule has 1 nitrogen and oxygen atoms in total. The summed E-state index contributed by atoms with van der Waals surface area (Å²) < 4.78 is 36.8. The molecule has 4 heteroatoms. The Labute approximate surface area is 121 Å². The van der Waals surface area contributed by atoms with Gasteiger partial charge in [-0.25, -0.2) is 0 Å². The van der Waals surface area contributed by atoms with Crippen molar-refractivity contribution in [2.24, 2.45) is 11.3 Å². The van der Waals surface area contributed by atoms with E-state index in [1.807, 2.05) is 0 Å². The molecule has 20 heavy (non-hydrogen) atoms. The molecule has 1 rings (SSSR count). The molecule has 120 valence electrons. The van der Waals surface area contributed by atoms with Gasteiger partial charge in [0, 0.05) is 12.5 Å². The average Bonchev–Trinajstić information content (AvgIpc) is 2.32. The Morgan fingerprint density at radius 1 is 1.20 bits per heavy atom. The minimum Gasteiger partial charge on any atom is -0.314 e. The van der Waals surface area contributed by atoms with Crippen LogP contribution in [-0.2, 0) is 0 Å². The van der Waals surface area contributed by atoms with Crippen LogP contribution in [-0.4, -0.2) is 18.8 Å². The zero-order chi connectivity index (χ0) is 15.2. The highest BCUT2D eigenvalue weighted by molar-refractivity contribution is 4.85.